The van der Waals surface area contributed by atoms with Crippen LogP contribution < -0.4 is 10.6 Å². The number of aryl methyl sites for hydroxylation is 1. The molecule has 1 unspecified atom stereocenters. The van der Waals surface area contributed by atoms with Gasteiger partial charge in [-0.3, -0.25) is 19.6 Å². The molecule has 1 aromatic heterocycles. The molecule has 4 rings (SSSR count). The molecule has 2 amide bonds. The lowest BCUT2D eigenvalue weighted by atomic mass is 9.77. The molecule has 0 spiro atoms. The highest BCUT2D eigenvalue weighted by Crippen LogP contribution is 2.37. The zero-order chi connectivity index (χ0) is 17.6. The number of benzene rings is 1. The lowest BCUT2D eigenvalue weighted by molar-refractivity contribution is -0.137. The van der Waals surface area contributed by atoms with E-state index in [0.29, 0.717) is 18.8 Å². The molecule has 2 saturated heterocycles. The molecule has 2 N–H and O–H groups in total. The monoisotopic (exact) mass is 376 g/mol. The average molecular weight is 377 g/mol. The molecule has 26 heavy (non-hydrogen) atoms. The summed E-state index contributed by atoms with van der Waals surface area (Å²) in [7, 11) is 1.92. The second-order valence-electron chi connectivity index (χ2n) is 7.48. The Kier molecular flexibility index (Phi) is 5.08. The molecule has 3 heterocycles. The number of imide groups is 1. The van der Waals surface area contributed by atoms with Gasteiger partial charge in [-0.05, 0) is 56.8 Å². The number of nitrogens with one attached hydrogen (secondary N) is 2. The molecule has 1 atom stereocenters. The van der Waals surface area contributed by atoms with Crippen LogP contribution in [0.4, 0.5) is 0 Å². The van der Waals surface area contributed by atoms with Crippen molar-refractivity contribution in [1.82, 2.24) is 20.4 Å². The number of piperidine rings is 2. The number of carbonyl (C=O) groups excluding carboxylic acids is 2. The molecule has 6 nitrogen and oxygen atoms in total. The van der Waals surface area contributed by atoms with Gasteiger partial charge in [0.1, 0.15) is 0 Å². The van der Waals surface area contributed by atoms with Gasteiger partial charge in [0.25, 0.3) is 0 Å². The molecule has 2 aliphatic heterocycles. The predicted octanol–water partition coefficient (Wildman–Crippen LogP) is 2.16. The van der Waals surface area contributed by atoms with E-state index in [1.54, 1.807) is 0 Å². The summed E-state index contributed by atoms with van der Waals surface area (Å²) in [6, 6.07) is 6.50. The van der Waals surface area contributed by atoms with Gasteiger partial charge >= 0.3 is 0 Å². The Balaban J connectivity index is 0.00000196. The van der Waals surface area contributed by atoms with Crippen molar-refractivity contribution in [3.63, 3.8) is 0 Å². The second kappa shape index (κ2) is 7.00. The summed E-state index contributed by atoms with van der Waals surface area (Å²) in [5.74, 6) is 0.136. The second-order valence-corrected chi connectivity index (χ2v) is 7.48. The van der Waals surface area contributed by atoms with E-state index in [4.69, 9.17) is 0 Å². The zero-order valence-electron chi connectivity index (χ0n) is 15.2. The Morgan fingerprint density at radius 1 is 1.23 bits per heavy atom. The van der Waals surface area contributed by atoms with Crippen molar-refractivity contribution in [2.45, 2.75) is 43.9 Å². The topological polar surface area (TPSA) is 76.0 Å². The number of hydrogen-bond donors (Lipinski definition) is 2. The molecule has 140 valence electrons. The van der Waals surface area contributed by atoms with Gasteiger partial charge in [0.2, 0.25) is 11.8 Å². The third-order valence-corrected chi connectivity index (χ3v) is 5.81. The summed E-state index contributed by atoms with van der Waals surface area (Å²) in [5.41, 5.74) is 2.41. The summed E-state index contributed by atoms with van der Waals surface area (Å²) in [6.45, 7) is 4.01. The summed E-state index contributed by atoms with van der Waals surface area (Å²) in [4.78, 5) is 24.0. The van der Waals surface area contributed by atoms with Crippen molar-refractivity contribution in [3.05, 3.63) is 29.5 Å². The van der Waals surface area contributed by atoms with Gasteiger partial charge < -0.3 is 5.32 Å². The number of hydrogen-bond acceptors (Lipinski definition) is 4. The Labute approximate surface area is 159 Å². The number of nitrogens with zero attached hydrogens (tertiary/aromatic N) is 2. The minimum atomic E-state index is -0.760. The maximum Gasteiger partial charge on any atom is 0.238 e. The lowest BCUT2D eigenvalue weighted by Crippen LogP contribution is -2.50. The Bertz CT molecular complexity index is 857. The highest BCUT2D eigenvalue weighted by atomic mass is 35.5. The van der Waals surface area contributed by atoms with E-state index in [1.807, 2.05) is 18.7 Å². The van der Waals surface area contributed by atoms with Gasteiger partial charge in [0.05, 0.1) is 16.6 Å². The first-order valence-electron chi connectivity index (χ1n) is 9.01. The molecular formula is C19H25ClN4O2. The molecule has 2 fully saturated rings. The van der Waals surface area contributed by atoms with Gasteiger partial charge in [0, 0.05) is 18.9 Å². The first-order valence-corrected chi connectivity index (χ1v) is 9.01. The van der Waals surface area contributed by atoms with Gasteiger partial charge in [-0.1, -0.05) is 12.1 Å². The van der Waals surface area contributed by atoms with Crippen LogP contribution in [0.5, 0.6) is 0 Å². The molecule has 2 aliphatic rings. The van der Waals surface area contributed by atoms with Gasteiger partial charge in [-0.2, -0.15) is 5.10 Å². The van der Waals surface area contributed by atoms with Crippen LogP contribution in [0.25, 0.3) is 10.9 Å². The van der Waals surface area contributed by atoms with Crippen molar-refractivity contribution in [3.8, 4) is 0 Å². The third kappa shape index (κ3) is 3.01. The van der Waals surface area contributed by atoms with Gasteiger partial charge in [-0.15, -0.1) is 12.4 Å². The summed E-state index contributed by atoms with van der Waals surface area (Å²) in [5, 5.41) is 11.6. The van der Waals surface area contributed by atoms with Crippen LogP contribution in [-0.2, 0) is 22.1 Å². The number of amides is 2. The standard InChI is InChI=1S/C19H24N4O2.ClH/c1-19(8-5-16(24)21-18(19)25)17-14-4-3-13(11-15(14)23(2)22-17)12-6-9-20-10-7-12;/h3-4,11-12,20H,5-10H2,1-2H3,(H,21,24,25);1H. The molecule has 0 radical (unpaired) electrons. The molecule has 0 saturated carbocycles. The molecule has 7 heteroatoms. The van der Waals surface area contributed by atoms with Crippen LogP contribution in [0.15, 0.2) is 18.2 Å². The lowest BCUT2D eigenvalue weighted by Gasteiger charge is -2.30. The van der Waals surface area contributed by atoms with Crippen molar-refractivity contribution >= 4 is 35.1 Å². The van der Waals surface area contributed by atoms with E-state index in [0.717, 1.165) is 42.5 Å². The molecule has 1 aromatic carbocycles. The quantitative estimate of drug-likeness (QED) is 0.787. The summed E-state index contributed by atoms with van der Waals surface area (Å²) >= 11 is 0. The molecular weight excluding hydrogens is 352 g/mol. The average Bonchev–Trinajstić information content (AvgIpc) is 2.96. The normalized spacial score (nSPS) is 24.4. The highest BCUT2D eigenvalue weighted by Gasteiger charge is 2.43. The SMILES string of the molecule is Cl.Cn1nc(C2(C)CCC(=O)NC2=O)c2ccc(C3CCNCC3)cc21. The van der Waals surface area contributed by atoms with Gasteiger partial charge in [0.15, 0.2) is 0 Å². The van der Waals surface area contributed by atoms with Crippen molar-refractivity contribution < 1.29 is 9.59 Å². The minimum absolute atomic E-state index is 0. The minimum Gasteiger partial charge on any atom is -0.317 e. The van der Waals surface area contributed by atoms with Gasteiger partial charge in [-0.25, -0.2) is 0 Å². The number of rotatable bonds is 2. The first-order chi connectivity index (χ1) is 12.0. The van der Waals surface area contributed by atoms with E-state index >= 15 is 0 Å². The fourth-order valence-corrected chi connectivity index (χ4v) is 4.12. The third-order valence-electron chi connectivity index (χ3n) is 5.81. The Morgan fingerprint density at radius 2 is 1.96 bits per heavy atom. The Hall–Kier alpha value is -1.92. The zero-order valence-corrected chi connectivity index (χ0v) is 16.0. The number of fused-ring (bicyclic) bond motifs is 1. The van der Waals surface area contributed by atoms with Crippen LogP contribution >= 0.6 is 12.4 Å². The van der Waals surface area contributed by atoms with Crippen LogP contribution in [0.1, 0.15) is 49.8 Å². The number of aromatic nitrogens is 2. The maximum absolute atomic E-state index is 12.5. The number of carbonyl (C=O) groups is 2. The van der Waals surface area contributed by atoms with E-state index in [2.05, 4.69) is 33.9 Å². The van der Waals surface area contributed by atoms with E-state index in [1.165, 1.54) is 5.56 Å². The smallest absolute Gasteiger partial charge is 0.238 e. The fraction of sp³-hybridized carbons (Fsp3) is 0.526. The first kappa shape index (κ1) is 18.9. The summed E-state index contributed by atoms with van der Waals surface area (Å²) in [6.07, 6.45) is 3.16. The molecule has 2 aromatic rings. The van der Waals surface area contributed by atoms with Crippen molar-refractivity contribution in [2.24, 2.45) is 7.05 Å². The van der Waals surface area contributed by atoms with E-state index < -0.39 is 5.41 Å². The predicted molar refractivity (Wildman–Crippen MR) is 103 cm³/mol. The Morgan fingerprint density at radius 3 is 2.65 bits per heavy atom. The number of halogens is 1. The molecule has 0 aliphatic carbocycles. The van der Waals surface area contributed by atoms with Crippen LogP contribution in [0.2, 0.25) is 0 Å². The largest absolute Gasteiger partial charge is 0.317 e. The van der Waals surface area contributed by atoms with Crippen LogP contribution in [-0.4, -0.2) is 34.7 Å². The van der Waals surface area contributed by atoms with E-state index in [-0.39, 0.29) is 24.2 Å². The van der Waals surface area contributed by atoms with Crippen LogP contribution in [0.3, 0.4) is 0 Å². The maximum atomic E-state index is 12.5. The molecule has 0 bridgehead atoms. The van der Waals surface area contributed by atoms with Crippen LogP contribution in [0, 0.1) is 0 Å². The van der Waals surface area contributed by atoms with Crippen molar-refractivity contribution in [1.29, 1.82) is 0 Å². The van der Waals surface area contributed by atoms with E-state index in [9.17, 15) is 9.59 Å². The highest BCUT2D eigenvalue weighted by molar-refractivity contribution is 6.04. The summed E-state index contributed by atoms with van der Waals surface area (Å²) < 4.78 is 1.87. The van der Waals surface area contributed by atoms with Crippen molar-refractivity contribution in [2.75, 3.05) is 13.1 Å². The fourth-order valence-electron chi connectivity index (χ4n) is 4.12.